The van der Waals surface area contributed by atoms with Crippen LogP contribution in [0.1, 0.15) is 23.0 Å². The molecule has 4 nitrogen and oxygen atoms in total. The van der Waals surface area contributed by atoms with Gasteiger partial charge in [-0.05, 0) is 31.2 Å². The van der Waals surface area contributed by atoms with E-state index in [4.69, 9.17) is 4.74 Å². The molecule has 110 valence electrons. The quantitative estimate of drug-likeness (QED) is 0.765. The van der Waals surface area contributed by atoms with Gasteiger partial charge in [0.05, 0.1) is 18.4 Å². The summed E-state index contributed by atoms with van der Waals surface area (Å²) in [4.78, 5) is 18.3. The first-order valence-electron chi connectivity index (χ1n) is 6.92. The second-order valence-corrected chi connectivity index (χ2v) is 4.90. The lowest BCUT2D eigenvalue weighted by Gasteiger charge is -2.22. The maximum Gasteiger partial charge on any atom is 0.165 e. The first-order chi connectivity index (χ1) is 10.1. The fraction of sp³-hybridized carbons (Fsp3) is 0.294. The summed E-state index contributed by atoms with van der Waals surface area (Å²) in [6, 6.07) is 11.5. The summed E-state index contributed by atoms with van der Waals surface area (Å²) in [6.45, 7) is 2.35. The summed E-state index contributed by atoms with van der Waals surface area (Å²) >= 11 is 0. The predicted octanol–water partition coefficient (Wildman–Crippen LogP) is 2.97. The van der Waals surface area contributed by atoms with E-state index in [1.54, 1.807) is 20.2 Å². The Balaban J connectivity index is 2.19. The van der Waals surface area contributed by atoms with Crippen LogP contribution in [0, 0.1) is 0 Å². The van der Waals surface area contributed by atoms with Crippen LogP contribution >= 0.6 is 0 Å². The zero-order valence-electron chi connectivity index (χ0n) is 12.7. The molecule has 0 fully saturated rings. The van der Waals surface area contributed by atoms with E-state index in [1.807, 2.05) is 43.4 Å². The van der Waals surface area contributed by atoms with E-state index in [9.17, 15) is 4.79 Å². The molecule has 21 heavy (non-hydrogen) atoms. The van der Waals surface area contributed by atoms with Crippen LogP contribution in [0.25, 0.3) is 0 Å². The largest absolute Gasteiger partial charge is 0.496 e. The van der Waals surface area contributed by atoms with Crippen molar-refractivity contribution in [1.29, 1.82) is 0 Å². The van der Waals surface area contributed by atoms with E-state index >= 15 is 0 Å². The van der Waals surface area contributed by atoms with Crippen LogP contribution in [-0.4, -0.2) is 31.5 Å². The molecule has 1 aromatic heterocycles. The number of anilines is 1. The lowest BCUT2D eigenvalue weighted by molar-refractivity contribution is 0.101. The van der Waals surface area contributed by atoms with Gasteiger partial charge in [-0.3, -0.25) is 9.78 Å². The molecule has 0 spiro atoms. The number of hydrogen-bond acceptors (Lipinski definition) is 4. The molecular formula is C17H20N2O2. The number of ketones is 1. The van der Waals surface area contributed by atoms with Gasteiger partial charge in [0, 0.05) is 31.9 Å². The molecule has 1 heterocycles. The van der Waals surface area contributed by atoms with Crippen LogP contribution in [0.15, 0.2) is 42.6 Å². The number of likely N-dealkylation sites (N-methyl/N-ethyl adjacent to an activating group) is 1. The number of ether oxygens (including phenoxy) is 1. The van der Waals surface area contributed by atoms with Crippen molar-refractivity contribution in [1.82, 2.24) is 4.98 Å². The molecule has 0 aliphatic heterocycles. The number of pyridine rings is 1. The highest BCUT2D eigenvalue weighted by molar-refractivity contribution is 6.02. The molecule has 0 saturated heterocycles. The van der Waals surface area contributed by atoms with E-state index < -0.39 is 0 Å². The number of methoxy groups -OCH3 is 1. The van der Waals surface area contributed by atoms with Crippen LogP contribution in [0.4, 0.5) is 5.69 Å². The Kier molecular flexibility index (Phi) is 4.93. The Morgan fingerprint density at radius 3 is 2.67 bits per heavy atom. The highest BCUT2D eigenvalue weighted by atomic mass is 16.5. The summed E-state index contributed by atoms with van der Waals surface area (Å²) in [7, 11) is 3.56. The van der Waals surface area contributed by atoms with Gasteiger partial charge in [0.1, 0.15) is 5.75 Å². The lowest BCUT2D eigenvalue weighted by atomic mass is 10.1. The number of hydrogen-bond donors (Lipinski definition) is 0. The molecule has 0 aliphatic carbocycles. The lowest BCUT2D eigenvalue weighted by Crippen LogP contribution is -2.23. The predicted molar refractivity (Wildman–Crippen MR) is 84.2 cm³/mol. The molecule has 0 aliphatic rings. The van der Waals surface area contributed by atoms with E-state index in [2.05, 4.69) is 9.88 Å². The van der Waals surface area contributed by atoms with Gasteiger partial charge in [-0.1, -0.05) is 12.1 Å². The molecule has 2 rings (SSSR count). The Labute approximate surface area is 125 Å². The van der Waals surface area contributed by atoms with Gasteiger partial charge in [-0.25, -0.2) is 0 Å². The molecule has 0 saturated carbocycles. The van der Waals surface area contributed by atoms with E-state index in [-0.39, 0.29) is 5.78 Å². The minimum Gasteiger partial charge on any atom is -0.496 e. The van der Waals surface area contributed by atoms with Crippen LogP contribution in [0.5, 0.6) is 5.75 Å². The maximum atomic E-state index is 11.9. The zero-order valence-corrected chi connectivity index (χ0v) is 12.7. The molecule has 1 aromatic carbocycles. The Morgan fingerprint density at radius 1 is 1.24 bits per heavy atom. The van der Waals surface area contributed by atoms with Gasteiger partial charge < -0.3 is 9.64 Å². The third kappa shape index (κ3) is 3.60. The summed E-state index contributed by atoms with van der Waals surface area (Å²) in [5.74, 6) is 0.622. The molecular weight excluding hydrogens is 264 g/mol. The monoisotopic (exact) mass is 284 g/mol. The van der Waals surface area contributed by atoms with Crippen molar-refractivity contribution >= 4 is 11.5 Å². The summed E-state index contributed by atoms with van der Waals surface area (Å²) in [5, 5.41) is 0. The Bertz CT molecular complexity index is 611. The van der Waals surface area contributed by atoms with Gasteiger partial charge in [0.2, 0.25) is 0 Å². The van der Waals surface area contributed by atoms with Crippen molar-refractivity contribution in [2.24, 2.45) is 0 Å². The van der Waals surface area contributed by atoms with Crippen molar-refractivity contribution in [3.8, 4) is 5.75 Å². The smallest absolute Gasteiger partial charge is 0.165 e. The van der Waals surface area contributed by atoms with Crippen molar-refractivity contribution in [2.45, 2.75) is 13.3 Å². The molecule has 0 bridgehead atoms. The first kappa shape index (κ1) is 15.0. The number of benzene rings is 1. The third-order valence-electron chi connectivity index (χ3n) is 3.42. The van der Waals surface area contributed by atoms with Crippen LogP contribution in [0.2, 0.25) is 0 Å². The Morgan fingerprint density at radius 2 is 2.05 bits per heavy atom. The summed E-state index contributed by atoms with van der Waals surface area (Å²) in [5.41, 5.74) is 2.55. The highest BCUT2D eigenvalue weighted by Gasteiger charge is 2.16. The fourth-order valence-electron chi connectivity index (χ4n) is 2.31. The topological polar surface area (TPSA) is 42.4 Å². The van der Waals surface area contributed by atoms with Gasteiger partial charge in [-0.2, -0.15) is 0 Å². The molecule has 0 amide bonds. The summed E-state index contributed by atoms with van der Waals surface area (Å²) < 4.78 is 5.30. The van der Waals surface area contributed by atoms with Crippen molar-refractivity contribution in [3.05, 3.63) is 53.9 Å². The van der Waals surface area contributed by atoms with Crippen molar-refractivity contribution < 1.29 is 9.53 Å². The first-order valence-corrected chi connectivity index (χ1v) is 6.92. The van der Waals surface area contributed by atoms with Gasteiger partial charge >= 0.3 is 0 Å². The molecule has 4 heteroatoms. The molecule has 0 atom stereocenters. The number of aromatic nitrogens is 1. The number of carbonyl (C=O) groups is 1. The normalized spacial score (nSPS) is 10.2. The van der Waals surface area contributed by atoms with Gasteiger partial charge in [0.15, 0.2) is 5.78 Å². The van der Waals surface area contributed by atoms with E-state index in [0.717, 1.165) is 24.3 Å². The number of rotatable bonds is 6. The van der Waals surface area contributed by atoms with Crippen molar-refractivity contribution in [3.63, 3.8) is 0 Å². The zero-order chi connectivity index (χ0) is 15.2. The highest BCUT2D eigenvalue weighted by Crippen LogP contribution is 2.29. The van der Waals surface area contributed by atoms with Crippen LogP contribution in [-0.2, 0) is 6.42 Å². The minimum atomic E-state index is 0.00661. The maximum absolute atomic E-state index is 11.9. The average molecular weight is 284 g/mol. The molecule has 0 radical (unpaired) electrons. The minimum absolute atomic E-state index is 0.00661. The SMILES string of the molecule is COc1cccc(N(C)CCc2ccccn2)c1C(C)=O. The van der Waals surface area contributed by atoms with Crippen LogP contribution in [0.3, 0.4) is 0 Å². The molecule has 0 unspecified atom stereocenters. The second-order valence-electron chi connectivity index (χ2n) is 4.90. The fourth-order valence-corrected chi connectivity index (χ4v) is 2.31. The standard InChI is InChI=1S/C17H20N2O2/c1-13(20)17-15(8-6-9-16(17)21-3)19(2)12-10-14-7-4-5-11-18-14/h4-9,11H,10,12H2,1-3H3. The second kappa shape index (κ2) is 6.88. The molecule has 0 N–H and O–H groups in total. The number of Topliss-reactive ketones (excluding diaryl/α,β-unsaturated/α-hetero) is 1. The molecule has 2 aromatic rings. The van der Waals surface area contributed by atoms with Crippen molar-refractivity contribution in [2.75, 3.05) is 25.6 Å². The van der Waals surface area contributed by atoms with Gasteiger partial charge in [0.25, 0.3) is 0 Å². The number of nitrogens with zero attached hydrogens (tertiary/aromatic N) is 2. The summed E-state index contributed by atoms with van der Waals surface area (Å²) in [6.07, 6.45) is 2.62. The van der Waals surface area contributed by atoms with Gasteiger partial charge in [-0.15, -0.1) is 0 Å². The van der Waals surface area contributed by atoms with E-state index in [1.165, 1.54) is 0 Å². The Hall–Kier alpha value is -2.36. The number of carbonyl (C=O) groups excluding carboxylic acids is 1. The average Bonchev–Trinajstić information content (AvgIpc) is 2.52. The third-order valence-corrected chi connectivity index (χ3v) is 3.42. The van der Waals surface area contributed by atoms with E-state index in [0.29, 0.717) is 11.3 Å². The van der Waals surface area contributed by atoms with Crippen LogP contribution < -0.4 is 9.64 Å².